The van der Waals surface area contributed by atoms with Crippen LogP contribution in [0, 0.1) is 0 Å². The van der Waals surface area contributed by atoms with Crippen LogP contribution in [0.15, 0.2) is 24.5 Å². The van der Waals surface area contributed by atoms with Crippen LogP contribution in [0.5, 0.6) is 5.75 Å². The Morgan fingerprint density at radius 3 is 2.36 bits per heavy atom. The topological polar surface area (TPSA) is 22.1 Å². The van der Waals surface area contributed by atoms with Crippen molar-refractivity contribution in [3.05, 3.63) is 24.5 Å². The average molecular weight is 209 g/mol. The van der Waals surface area contributed by atoms with E-state index in [1.54, 1.807) is 12.4 Å². The second kappa shape index (κ2) is 3.73. The van der Waals surface area contributed by atoms with Gasteiger partial charge in [-0.25, -0.2) is 0 Å². The average Bonchev–Trinajstić information content (AvgIpc) is 2.03. The summed E-state index contributed by atoms with van der Waals surface area (Å²) in [5.74, 6) is 0.888. The molecule has 1 aromatic rings. The van der Waals surface area contributed by atoms with Crippen LogP contribution in [0.3, 0.4) is 0 Å². The molecule has 1 rings (SSSR count). The molecule has 2 nitrogen and oxygen atoms in total. The van der Waals surface area contributed by atoms with Crippen LogP contribution in [0.2, 0.25) is 18.1 Å². The highest BCUT2D eigenvalue weighted by Crippen LogP contribution is 2.36. The van der Waals surface area contributed by atoms with E-state index in [-0.39, 0.29) is 5.04 Å². The van der Waals surface area contributed by atoms with Crippen molar-refractivity contribution in [2.24, 2.45) is 0 Å². The number of aromatic nitrogens is 1. The molecular weight excluding hydrogens is 190 g/mol. The van der Waals surface area contributed by atoms with Gasteiger partial charge in [0.1, 0.15) is 5.75 Å². The fraction of sp³-hybridized carbons (Fsp3) is 0.545. The van der Waals surface area contributed by atoms with Crippen LogP contribution in [0.4, 0.5) is 0 Å². The summed E-state index contributed by atoms with van der Waals surface area (Å²) in [5, 5.41) is 0.239. The first kappa shape index (κ1) is 11.2. The maximum Gasteiger partial charge on any atom is 0.250 e. The second-order valence-electron chi connectivity index (χ2n) is 5.05. The Kier molecular flexibility index (Phi) is 3.00. The van der Waals surface area contributed by atoms with E-state index in [0.29, 0.717) is 0 Å². The number of rotatable bonds is 2. The zero-order valence-electron chi connectivity index (χ0n) is 9.66. The molecule has 0 atom stereocenters. The highest BCUT2D eigenvalue weighted by Gasteiger charge is 2.38. The zero-order valence-corrected chi connectivity index (χ0v) is 10.7. The van der Waals surface area contributed by atoms with Crippen molar-refractivity contribution in [3.63, 3.8) is 0 Å². The van der Waals surface area contributed by atoms with Gasteiger partial charge in [-0.3, -0.25) is 4.98 Å². The number of hydrogen-bond acceptors (Lipinski definition) is 2. The summed E-state index contributed by atoms with van der Waals surface area (Å²) in [4.78, 5) is 4.05. The van der Waals surface area contributed by atoms with E-state index in [9.17, 15) is 0 Å². The summed E-state index contributed by atoms with van der Waals surface area (Å²) in [7, 11) is -1.69. The zero-order chi connectivity index (χ0) is 10.8. The van der Waals surface area contributed by atoms with E-state index in [2.05, 4.69) is 38.8 Å². The maximum atomic E-state index is 6.04. The highest BCUT2D eigenvalue weighted by molar-refractivity contribution is 6.74. The first-order chi connectivity index (χ1) is 6.33. The molecule has 1 aromatic heterocycles. The quantitative estimate of drug-likeness (QED) is 0.696. The van der Waals surface area contributed by atoms with Crippen LogP contribution >= 0.6 is 0 Å². The normalized spacial score (nSPS) is 12.6. The van der Waals surface area contributed by atoms with Crippen molar-refractivity contribution in [3.8, 4) is 5.75 Å². The Labute approximate surface area is 87.5 Å². The minimum atomic E-state index is -1.69. The van der Waals surface area contributed by atoms with Crippen molar-refractivity contribution in [2.45, 2.75) is 38.9 Å². The molecule has 0 aliphatic rings. The Hall–Kier alpha value is -0.833. The summed E-state index contributed by atoms with van der Waals surface area (Å²) in [6.45, 7) is 11.2. The molecule has 0 unspecified atom stereocenters. The fourth-order valence-electron chi connectivity index (χ4n) is 0.855. The standard InChI is InChI=1S/C11H19NOSi/c1-11(2,3)14(4,5)13-10-7-6-8-12-9-10/h6-9H,1-5H3. The Bertz CT molecular complexity index is 290. The summed E-state index contributed by atoms with van der Waals surface area (Å²) in [6, 6.07) is 3.87. The van der Waals surface area contributed by atoms with E-state index >= 15 is 0 Å². The van der Waals surface area contributed by atoms with Crippen molar-refractivity contribution < 1.29 is 4.43 Å². The Morgan fingerprint density at radius 1 is 1.29 bits per heavy atom. The minimum Gasteiger partial charge on any atom is -0.542 e. The van der Waals surface area contributed by atoms with E-state index in [4.69, 9.17) is 4.43 Å². The molecule has 0 N–H and O–H groups in total. The molecule has 0 aromatic carbocycles. The highest BCUT2D eigenvalue weighted by atomic mass is 28.4. The van der Waals surface area contributed by atoms with Gasteiger partial charge in [0.05, 0.1) is 6.20 Å². The third-order valence-corrected chi connectivity index (χ3v) is 7.17. The molecule has 0 aliphatic carbocycles. The van der Waals surface area contributed by atoms with Gasteiger partial charge in [-0.2, -0.15) is 0 Å². The van der Waals surface area contributed by atoms with E-state index in [1.807, 2.05) is 12.1 Å². The van der Waals surface area contributed by atoms with Crippen molar-refractivity contribution >= 4 is 8.32 Å². The molecule has 78 valence electrons. The lowest BCUT2D eigenvalue weighted by Gasteiger charge is -2.36. The molecule has 0 saturated heterocycles. The molecule has 0 aliphatic heterocycles. The lowest BCUT2D eigenvalue weighted by Crippen LogP contribution is -2.43. The second-order valence-corrected chi connectivity index (χ2v) is 9.78. The van der Waals surface area contributed by atoms with E-state index in [0.717, 1.165) is 5.75 Å². The third-order valence-electron chi connectivity index (χ3n) is 2.81. The SMILES string of the molecule is CC(C)(C)[Si](C)(C)Oc1cccnc1. The monoisotopic (exact) mass is 209 g/mol. The van der Waals surface area contributed by atoms with Crippen molar-refractivity contribution in [1.29, 1.82) is 0 Å². The van der Waals surface area contributed by atoms with Gasteiger partial charge in [-0.1, -0.05) is 20.8 Å². The first-order valence-electron chi connectivity index (χ1n) is 4.92. The molecule has 0 radical (unpaired) electrons. The van der Waals surface area contributed by atoms with Crippen LogP contribution in [-0.4, -0.2) is 13.3 Å². The molecule has 14 heavy (non-hydrogen) atoms. The van der Waals surface area contributed by atoms with Gasteiger partial charge >= 0.3 is 0 Å². The maximum absolute atomic E-state index is 6.04. The molecule has 0 amide bonds. The fourth-order valence-corrected chi connectivity index (χ4v) is 1.87. The molecular formula is C11H19NOSi. The summed E-state index contributed by atoms with van der Waals surface area (Å²) in [6.07, 6.45) is 3.54. The summed E-state index contributed by atoms with van der Waals surface area (Å²) < 4.78 is 6.04. The van der Waals surface area contributed by atoms with Crippen LogP contribution in [-0.2, 0) is 0 Å². The Morgan fingerprint density at radius 2 is 1.93 bits per heavy atom. The van der Waals surface area contributed by atoms with Gasteiger partial charge in [-0.15, -0.1) is 0 Å². The van der Waals surface area contributed by atoms with Crippen molar-refractivity contribution in [2.75, 3.05) is 0 Å². The van der Waals surface area contributed by atoms with Gasteiger partial charge in [0, 0.05) is 6.20 Å². The van der Waals surface area contributed by atoms with Gasteiger partial charge < -0.3 is 4.43 Å². The van der Waals surface area contributed by atoms with Gasteiger partial charge in [0.15, 0.2) is 0 Å². The van der Waals surface area contributed by atoms with E-state index < -0.39 is 8.32 Å². The molecule has 0 fully saturated rings. The number of nitrogens with zero attached hydrogens (tertiary/aromatic N) is 1. The van der Waals surface area contributed by atoms with Crippen LogP contribution in [0.1, 0.15) is 20.8 Å². The van der Waals surface area contributed by atoms with Gasteiger partial charge in [-0.05, 0) is 30.3 Å². The number of hydrogen-bond donors (Lipinski definition) is 0. The minimum absolute atomic E-state index is 0.239. The largest absolute Gasteiger partial charge is 0.542 e. The lowest BCUT2D eigenvalue weighted by molar-refractivity contribution is 0.490. The van der Waals surface area contributed by atoms with E-state index in [1.165, 1.54) is 0 Å². The third kappa shape index (κ3) is 2.58. The smallest absolute Gasteiger partial charge is 0.250 e. The molecule has 0 saturated carbocycles. The van der Waals surface area contributed by atoms with Gasteiger partial charge in [0.2, 0.25) is 0 Å². The summed E-state index contributed by atoms with van der Waals surface area (Å²) >= 11 is 0. The molecule has 3 heteroatoms. The van der Waals surface area contributed by atoms with Crippen LogP contribution in [0.25, 0.3) is 0 Å². The Balaban J connectivity index is 2.79. The first-order valence-corrected chi connectivity index (χ1v) is 7.83. The number of pyridine rings is 1. The summed E-state index contributed by atoms with van der Waals surface area (Å²) in [5.41, 5.74) is 0. The lowest BCUT2D eigenvalue weighted by atomic mass is 10.2. The molecule has 0 bridgehead atoms. The van der Waals surface area contributed by atoms with Gasteiger partial charge in [0.25, 0.3) is 8.32 Å². The molecule has 0 spiro atoms. The predicted octanol–water partition coefficient (Wildman–Crippen LogP) is 3.47. The van der Waals surface area contributed by atoms with Crippen LogP contribution < -0.4 is 4.43 Å². The van der Waals surface area contributed by atoms with Crippen molar-refractivity contribution in [1.82, 2.24) is 4.98 Å². The predicted molar refractivity (Wildman–Crippen MR) is 62.1 cm³/mol. The molecule has 1 heterocycles.